The van der Waals surface area contributed by atoms with Crippen molar-refractivity contribution in [1.29, 1.82) is 0 Å². The van der Waals surface area contributed by atoms with E-state index in [1.165, 1.54) is 6.92 Å². The number of nitrogens with one attached hydrogen (secondary N) is 1. The lowest BCUT2D eigenvalue weighted by Crippen LogP contribution is -2.49. The highest BCUT2D eigenvalue weighted by atomic mass is 35.5. The van der Waals surface area contributed by atoms with Crippen molar-refractivity contribution in [3.63, 3.8) is 0 Å². The van der Waals surface area contributed by atoms with Gasteiger partial charge in [0.2, 0.25) is 10.0 Å². The Morgan fingerprint density at radius 3 is 2.14 bits per heavy atom. The fourth-order valence-corrected chi connectivity index (χ4v) is 3.93. The fraction of sp³-hybridized carbons (Fsp3) is 0.500. The SMILES string of the molecule is Cc1c(C(F)(F)F)cccc1S(=O)(=O)NC(C)(CCl)CCl. The van der Waals surface area contributed by atoms with Crippen LogP contribution in [0.2, 0.25) is 0 Å². The molecular formula is C12H14Cl2F3NO2S. The van der Waals surface area contributed by atoms with Crippen LogP contribution in [0.5, 0.6) is 0 Å². The Morgan fingerprint density at radius 2 is 1.71 bits per heavy atom. The standard InChI is InChI=1S/C12H14Cl2F3NO2S/c1-8-9(12(15,16)17)4-3-5-10(8)21(19,20)18-11(2,6-13)7-14/h3-5,18H,6-7H2,1-2H3. The summed E-state index contributed by atoms with van der Waals surface area (Å²) in [4.78, 5) is -0.446. The molecule has 0 fully saturated rings. The summed E-state index contributed by atoms with van der Waals surface area (Å²) in [7, 11) is -4.17. The summed E-state index contributed by atoms with van der Waals surface area (Å²) in [6, 6.07) is 2.98. The van der Waals surface area contributed by atoms with Crippen molar-refractivity contribution in [1.82, 2.24) is 4.72 Å². The van der Waals surface area contributed by atoms with Gasteiger partial charge in [0.15, 0.2) is 0 Å². The van der Waals surface area contributed by atoms with E-state index in [0.717, 1.165) is 25.1 Å². The predicted octanol–water partition coefficient (Wildman–Crippen LogP) is 3.53. The van der Waals surface area contributed by atoms with Gasteiger partial charge < -0.3 is 0 Å². The molecule has 0 saturated heterocycles. The molecule has 1 aromatic rings. The average Bonchev–Trinajstić information content (AvgIpc) is 2.36. The van der Waals surface area contributed by atoms with Gasteiger partial charge in [0, 0.05) is 11.8 Å². The topological polar surface area (TPSA) is 46.2 Å². The summed E-state index contributed by atoms with van der Waals surface area (Å²) in [5.74, 6) is -0.235. The second-order valence-electron chi connectivity index (χ2n) is 4.86. The van der Waals surface area contributed by atoms with Crippen LogP contribution in [0.4, 0.5) is 13.2 Å². The zero-order valence-electron chi connectivity index (χ0n) is 11.3. The van der Waals surface area contributed by atoms with Crippen LogP contribution in [0.15, 0.2) is 23.1 Å². The maximum Gasteiger partial charge on any atom is 0.416 e. The number of halogens is 5. The van der Waals surface area contributed by atoms with Gasteiger partial charge in [-0.2, -0.15) is 13.2 Å². The van der Waals surface area contributed by atoms with Crippen LogP contribution in [-0.4, -0.2) is 25.7 Å². The molecule has 1 rings (SSSR count). The van der Waals surface area contributed by atoms with E-state index in [0.29, 0.717) is 0 Å². The number of sulfonamides is 1. The van der Waals surface area contributed by atoms with Gasteiger partial charge in [-0.15, -0.1) is 23.2 Å². The highest BCUT2D eigenvalue weighted by Gasteiger charge is 2.36. The van der Waals surface area contributed by atoms with Gasteiger partial charge in [0.1, 0.15) is 0 Å². The third-order valence-electron chi connectivity index (χ3n) is 2.85. The largest absolute Gasteiger partial charge is 0.416 e. The second kappa shape index (κ2) is 6.32. The first-order valence-electron chi connectivity index (χ1n) is 5.79. The van der Waals surface area contributed by atoms with Crippen molar-refractivity contribution in [3.05, 3.63) is 29.3 Å². The molecule has 0 unspecified atom stereocenters. The van der Waals surface area contributed by atoms with Gasteiger partial charge in [0.25, 0.3) is 0 Å². The minimum absolute atomic E-state index is 0.117. The third kappa shape index (κ3) is 4.25. The van der Waals surface area contributed by atoms with Crippen LogP contribution in [0.3, 0.4) is 0 Å². The number of hydrogen-bond donors (Lipinski definition) is 1. The molecule has 0 aliphatic rings. The molecule has 1 N–H and O–H groups in total. The van der Waals surface area contributed by atoms with E-state index in [-0.39, 0.29) is 17.3 Å². The smallest absolute Gasteiger partial charge is 0.207 e. The van der Waals surface area contributed by atoms with Crippen molar-refractivity contribution in [2.45, 2.75) is 30.5 Å². The second-order valence-corrected chi connectivity index (χ2v) is 7.05. The lowest BCUT2D eigenvalue weighted by atomic mass is 10.1. The van der Waals surface area contributed by atoms with Crippen LogP contribution < -0.4 is 4.72 Å². The van der Waals surface area contributed by atoms with Gasteiger partial charge in [0.05, 0.1) is 16.0 Å². The molecule has 120 valence electrons. The first kappa shape index (κ1) is 18.5. The molecule has 0 aromatic heterocycles. The minimum atomic E-state index is -4.63. The van der Waals surface area contributed by atoms with Gasteiger partial charge in [-0.3, -0.25) is 0 Å². The number of alkyl halides is 5. The lowest BCUT2D eigenvalue weighted by Gasteiger charge is -2.26. The van der Waals surface area contributed by atoms with Crippen molar-refractivity contribution in [3.8, 4) is 0 Å². The molecule has 0 spiro atoms. The molecule has 0 amide bonds. The van der Waals surface area contributed by atoms with E-state index in [2.05, 4.69) is 4.72 Å². The van der Waals surface area contributed by atoms with E-state index in [4.69, 9.17) is 23.2 Å². The van der Waals surface area contributed by atoms with E-state index in [9.17, 15) is 21.6 Å². The minimum Gasteiger partial charge on any atom is -0.207 e. The van der Waals surface area contributed by atoms with Gasteiger partial charge in [-0.05, 0) is 31.5 Å². The molecule has 1 aromatic carbocycles. The Hall–Kier alpha value is -0.500. The molecule has 0 radical (unpaired) electrons. The van der Waals surface area contributed by atoms with Crippen molar-refractivity contribution in [2.75, 3.05) is 11.8 Å². The Morgan fingerprint density at radius 1 is 1.19 bits per heavy atom. The number of benzene rings is 1. The van der Waals surface area contributed by atoms with E-state index in [1.54, 1.807) is 0 Å². The van der Waals surface area contributed by atoms with Gasteiger partial charge in [-0.25, -0.2) is 13.1 Å². The van der Waals surface area contributed by atoms with E-state index >= 15 is 0 Å². The molecule has 0 bridgehead atoms. The van der Waals surface area contributed by atoms with E-state index < -0.39 is 32.2 Å². The molecule has 0 saturated carbocycles. The molecule has 0 aliphatic heterocycles. The number of rotatable bonds is 5. The summed E-state index contributed by atoms with van der Waals surface area (Å²) >= 11 is 11.3. The normalized spacial score (nSPS) is 13.5. The highest BCUT2D eigenvalue weighted by Crippen LogP contribution is 2.34. The Bertz CT molecular complexity index is 613. The first-order chi connectivity index (χ1) is 9.47. The molecule has 0 heterocycles. The third-order valence-corrected chi connectivity index (χ3v) is 5.81. The zero-order chi connectivity index (χ0) is 16.5. The molecule has 9 heteroatoms. The summed E-state index contributed by atoms with van der Waals surface area (Å²) in [6.07, 6.45) is -4.63. The van der Waals surface area contributed by atoms with Crippen molar-refractivity contribution in [2.24, 2.45) is 0 Å². The molecule has 3 nitrogen and oxygen atoms in total. The maximum absolute atomic E-state index is 12.8. The van der Waals surface area contributed by atoms with Crippen molar-refractivity contribution < 1.29 is 21.6 Å². The summed E-state index contributed by atoms with van der Waals surface area (Å²) in [5.41, 5.74) is -2.52. The van der Waals surface area contributed by atoms with Crippen LogP contribution in [0.1, 0.15) is 18.1 Å². The zero-order valence-corrected chi connectivity index (χ0v) is 13.6. The maximum atomic E-state index is 12.8. The Labute approximate surface area is 131 Å². The lowest BCUT2D eigenvalue weighted by molar-refractivity contribution is -0.138. The summed E-state index contributed by atoms with van der Waals surface area (Å²) < 4.78 is 65.3. The van der Waals surface area contributed by atoms with Gasteiger partial charge in [-0.1, -0.05) is 6.07 Å². The van der Waals surface area contributed by atoms with Crippen LogP contribution >= 0.6 is 23.2 Å². The quantitative estimate of drug-likeness (QED) is 0.813. The van der Waals surface area contributed by atoms with Gasteiger partial charge >= 0.3 is 6.18 Å². The highest BCUT2D eigenvalue weighted by molar-refractivity contribution is 7.89. The van der Waals surface area contributed by atoms with Crippen molar-refractivity contribution >= 4 is 33.2 Å². The molecular weight excluding hydrogens is 350 g/mol. The fourth-order valence-electron chi connectivity index (χ4n) is 1.68. The predicted molar refractivity (Wildman–Crippen MR) is 76.3 cm³/mol. The Balaban J connectivity index is 3.34. The van der Waals surface area contributed by atoms with Crippen LogP contribution in [0, 0.1) is 6.92 Å². The molecule has 0 atom stereocenters. The monoisotopic (exact) mass is 363 g/mol. The van der Waals surface area contributed by atoms with E-state index in [1.807, 2.05) is 0 Å². The Kier molecular flexibility index (Phi) is 5.58. The summed E-state index contributed by atoms with van der Waals surface area (Å²) in [6.45, 7) is 2.57. The average molecular weight is 364 g/mol. The molecule has 0 aliphatic carbocycles. The number of hydrogen-bond acceptors (Lipinski definition) is 2. The molecule has 21 heavy (non-hydrogen) atoms. The summed E-state index contributed by atoms with van der Waals surface area (Å²) in [5, 5.41) is 0. The van der Waals surface area contributed by atoms with Crippen LogP contribution in [0.25, 0.3) is 0 Å². The first-order valence-corrected chi connectivity index (χ1v) is 8.35. The van der Waals surface area contributed by atoms with Crippen LogP contribution in [-0.2, 0) is 16.2 Å².